The fraction of sp³-hybridized carbons (Fsp3) is 0.312. The Morgan fingerprint density at radius 2 is 1.70 bits per heavy atom. The summed E-state index contributed by atoms with van der Waals surface area (Å²) in [5.74, 6) is -2.37. The van der Waals surface area contributed by atoms with Gasteiger partial charge in [0, 0.05) is 24.6 Å². The Morgan fingerprint density at radius 3 is 2.28 bits per heavy atom. The molecule has 0 bridgehead atoms. The number of amides is 2. The molecule has 0 aliphatic carbocycles. The van der Waals surface area contributed by atoms with Crippen molar-refractivity contribution in [1.29, 1.82) is 5.26 Å². The van der Waals surface area contributed by atoms with Gasteiger partial charge in [0.15, 0.2) is 0 Å². The van der Waals surface area contributed by atoms with E-state index in [2.05, 4.69) is 15.6 Å². The zero-order valence-electron chi connectivity index (χ0n) is 24.2. The molecular weight excluding hydrogens is 564 g/mol. The lowest BCUT2D eigenvalue weighted by Crippen LogP contribution is -2.49. The number of benzene rings is 2. The van der Waals surface area contributed by atoms with Crippen molar-refractivity contribution in [1.82, 2.24) is 15.6 Å². The van der Waals surface area contributed by atoms with Gasteiger partial charge in [-0.15, -0.1) is 0 Å². The second kappa shape index (κ2) is 11.9. The zero-order valence-corrected chi connectivity index (χ0v) is 24.2. The second-order valence-corrected chi connectivity index (χ2v) is 10.8. The van der Waals surface area contributed by atoms with Crippen LogP contribution in [0.2, 0.25) is 0 Å². The van der Waals surface area contributed by atoms with E-state index in [0.29, 0.717) is 5.56 Å². The van der Waals surface area contributed by atoms with Gasteiger partial charge in [0.25, 0.3) is 11.8 Å². The molecule has 43 heavy (non-hydrogen) atoms. The highest BCUT2D eigenvalue weighted by molar-refractivity contribution is 6.11. The first-order valence-corrected chi connectivity index (χ1v) is 13.5. The normalized spacial score (nSPS) is 13.0. The lowest BCUT2D eigenvalue weighted by atomic mass is 9.89. The van der Waals surface area contributed by atoms with E-state index in [0.717, 1.165) is 11.6 Å². The number of fused-ring (bicyclic) bond motifs is 1. The lowest BCUT2D eigenvalue weighted by molar-refractivity contribution is -0.134. The molecule has 1 atom stereocenters. The van der Waals surface area contributed by atoms with Crippen LogP contribution in [0.25, 0.3) is 33.6 Å². The van der Waals surface area contributed by atoms with E-state index in [1.807, 2.05) is 25.1 Å². The first-order valence-electron chi connectivity index (χ1n) is 13.5. The predicted octanol–water partition coefficient (Wildman–Crippen LogP) is 7.13. The van der Waals surface area contributed by atoms with Gasteiger partial charge in [-0.25, -0.2) is 9.37 Å². The molecule has 2 aromatic heterocycles. The van der Waals surface area contributed by atoms with Crippen molar-refractivity contribution in [3.8, 4) is 28.5 Å². The van der Waals surface area contributed by atoms with Crippen LogP contribution in [0.5, 0.6) is 0 Å². The van der Waals surface area contributed by atoms with Gasteiger partial charge in [-0.1, -0.05) is 49.7 Å². The van der Waals surface area contributed by atoms with Gasteiger partial charge < -0.3 is 15.1 Å². The van der Waals surface area contributed by atoms with E-state index in [-0.39, 0.29) is 45.2 Å². The van der Waals surface area contributed by atoms with Crippen LogP contribution in [0.3, 0.4) is 0 Å². The average molecular weight is 595 g/mol. The van der Waals surface area contributed by atoms with E-state index < -0.39 is 47.8 Å². The standard InChI is InChI=1S/C32H30F4N4O3/c1-17(2)31(4,16-37)40-28(41)22-14-20(10-11-24(22)33)21-15-23-26(29(42)38-5)27(19-8-6-18(3)7-9-19)43-30(23)39-25(21)12-13-32(34,35)36/h6-11,14-15,17H,12-13H2,1-5H3,(H,38,42)(H,40,41). The van der Waals surface area contributed by atoms with Crippen molar-refractivity contribution in [2.75, 3.05) is 7.05 Å². The van der Waals surface area contributed by atoms with Gasteiger partial charge >= 0.3 is 6.18 Å². The van der Waals surface area contributed by atoms with Crippen LogP contribution in [0, 0.1) is 30.0 Å². The summed E-state index contributed by atoms with van der Waals surface area (Å²) in [6, 6.07) is 14.2. The van der Waals surface area contributed by atoms with Crippen molar-refractivity contribution < 1.29 is 31.6 Å². The number of nitriles is 1. The predicted molar refractivity (Wildman–Crippen MR) is 154 cm³/mol. The Balaban J connectivity index is 1.94. The van der Waals surface area contributed by atoms with Crippen LogP contribution in [-0.4, -0.2) is 35.6 Å². The maximum absolute atomic E-state index is 14.9. The topological polar surface area (TPSA) is 108 Å². The maximum Gasteiger partial charge on any atom is 0.389 e. The van der Waals surface area contributed by atoms with E-state index in [1.165, 1.54) is 32.2 Å². The minimum absolute atomic E-state index is 0.0144. The van der Waals surface area contributed by atoms with Gasteiger partial charge in [0.1, 0.15) is 17.1 Å². The van der Waals surface area contributed by atoms with E-state index in [4.69, 9.17) is 4.42 Å². The SMILES string of the molecule is CNC(=O)c1c(-c2ccc(C)cc2)oc2nc(CCC(F)(F)F)c(-c3ccc(F)c(C(=O)NC(C)(C#N)C(C)C)c3)cc12. The molecule has 4 aromatic rings. The molecule has 2 aromatic carbocycles. The number of aromatic nitrogens is 1. The van der Waals surface area contributed by atoms with Gasteiger partial charge in [0.2, 0.25) is 5.71 Å². The molecule has 0 fully saturated rings. The van der Waals surface area contributed by atoms with Crippen molar-refractivity contribution >= 4 is 22.9 Å². The highest BCUT2D eigenvalue weighted by Crippen LogP contribution is 2.38. The lowest BCUT2D eigenvalue weighted by Gasteiger charge is -2.27. The summed E-state index contributed by atoms with van der Waals surface area (Å²) < 4.78 is 60.8. The highest BCUT2D eigenvalue weighted by atomic mass is 19.4. The molecule has 1 unspecified atom stereocenters. The summed E-state index contributed by atoms with van der Waals surface area (Å²) in [6.45, 7) is 6.85. The van der Waals surface area contributed by atoms with Crippen LogP contribution in [-0.2, 0) is 6.42 Å². The number of pyridine rings is 1. The smallest absolute Gasteiger partial charge is 0.389 e. The number of carbonyl (C=O) groups excluding carboxylic acids is 2. The fourth-order valence-electron chi connectivity index (χ4n) is 4.49. The number of alkyl halides is 3. The summed E-state index contributed by atoms with van der Waals surface area (Å²) >= 11 is 0. The Morgan fingerprint density at radius 1 is 1.05 bits per heavy atom. The Labute approximate surface area is 245 Å². The van der Waals surface area contributed by atoms with Crippen LogP contribution < -0.4 is 10.6 Å². The summed E-state index contributed by atoms with van der Waals surface area (Å²) in [5.41, 5.74) is 0.254. The molecule has 11 heteroatoms. The molecule has 2 N–H and O–H groups in total. The van der Waals surface area contributed by atoms with Gasteiger partial charge in [-0.2, -0.15) is 18.4 Å². The number of halogens is 4. The molecule has 0 radical (unpaired) electrons. The van der Waals surface area contributed by atoms with Crippen LogP contribution in [0.1, 0.15) is 59.2 Å². The molecule has 0 spiro atoms. The number of rotatable bonds is 8. The van der Waals surface area contributed by atoms with Gasteiger partial charge in [0.05, 0.1) is 28.3 Å². The summed E-state index contributed by atoms with van der Waals surface area (Å²) in [7, 11) is 1.43. The summed E-state index contributed by atoms with van der Waals surface area (Å²) in [4.78, 5) is 30.6. The second-order valence-electron chi connectivity index (χ2n) is 10.8. The minimum atomic E-state index is -4.50. The minimum Gasteiger partial charge on any atom is -0.437 e. The molecule has 2 amide bonds. The van der Waals surface area contributed by atoms with Crippen molar-refractivity contribution in [3.63, 3.8) is 0 Å². The third-order valence-corrected chi connectivity index (χ3v) is 7.46. The number of aryl methyl sites for hydroxylation is 2. The molecule has 2 heterocycles. The quantitative estimate of drug-likeness (QED) is 0.211. The molecule has 0 aliphatic rings. The Hall–Kier alpha value is -4.72. The molecule has 0 saturated heterocycles. The molecule has 0 saturated carbocycles. The van der Waals surface area contributed by atoms with E-state index in [9.17, 15) is 32.4 Å². The first kappa shape index (κ1) is 31.2. The number of furan rings is 1. The number of carbonyl (C=O) groups is 2. The average Bonchev–Trinajstić information content (AvgIpc) is 3.33. The molecule has 0 aliphatic heterocycles. The molecule has 224 valence electrons. The van der Waals surface area contributed by atoms with E-state index in [1.54, 1.807) is 26.0 Å². The maximum atomic E-state index is 14.9. The summed E-state index contributed by atoms with van der Waals surface area (Å²) in [5, 5.41) is 14.9. The van der Waals surface area contributed by atoms with Crippen LogP contribution in [0.15, 0.2) is 52.9 Å². The van der Waals surface area contributed by atoms with Gasteiger partial charge in [-0.05, 0) is 49.9 Å². The van der Waals surface area contributed by atoms with Crippen molar-refractivity contribution in [2.24, 2.45) is 5.92 Å². The van der Waals surface area contributed by atoms with Crippen molar-refractivity contribution in [2.45, 2.75) is 52.3 Å². The van der Waals surface area contributed by atoms with Crippen LogP contribution >= 0.6 is 0 Å². The number of hydrogen-bond acceptors (Lipinski definition) is 5. The first-order chi connectivity index (χ1) is 20.2. The zero-order chi connectivity index (χ0) is 31.7. The fourth-order valence-corrected chi connectivity index (χ4v) is 4.49. The molecular formula is C32H30F4N4O3. The van der Waals surface area contributed by atoms with Crippen LogP contribution in [0.4, 0.5) is 17.6 Å². The summed E-state index contributed by atoms with van der Waals surface area (Å²) in [6.07, 6.45) is -6.23. The number of hydrogen-bond donors (Lipinski definition) is 2. The van der Waals surface area contributed by atoms with Gasteiger partial charge in [-0.3, -0.25) is 9.59 Å². The molecule has 4 rings (SSSR count). The largest absolute Gasteiger partial charge is 0.437 e. The monoisotopic (exact) mass is 594 g/mol. The highest BCUT2D eigenvalue weighted by Gasteiger charge is 2.32. The third-order valence-electron chi connectivity index (χ3n) is 7.46. The Bertz CT molecular complexity index is 1740. The third kappa shape index (κ3) is 6.53. The number of nitrogens with one attached hydrogen (secondary N) is 2. The number of nitrogens with zero attached hydrogens (tertiary/aromatic N) is 2. The molecule has 7 nitrogen and oxygen atoms in total. The Kier molecular flexibility index (Phi) is 8.62. The van der Waals surface area contributed by atoms with Crippen molar-refractivity contribution in [3.05, 3.63) is 76.7 Å². The van der Waals surface area contributed by atoms with E-state index >= 15 is 0 Å².